The van der Waals surface area contributed by atoms with Crippen LogP contribution in [0.15, 0.2) is 18.2 Å². The number of aromatic hydroxyl groups is 1. The lowest BCUT2D eigenvalue weighted by Crippen LogP contribution is -2.33. The number of rotatable bonds is 4. The van der Waals surface area contributed by atoms with E-state index in [0.29, 0.717) is 24.1 Å². The van der Waals surface area contributed by atoms with Gasteiger partial charge in [-0.2, -0.15) is 0 Å². The van der Waals surface area contributed by atoms with Gasteiger partial charge in [0.05, 0.1) is 5.56 Å². The number of aryl methyl sites for hydroxylation is 1. The van der Waals surface area contributed by atoms with Gasteiger partial charge in [0.1, 0.15) is 5.75 Å². The van der Waals surface area contributed by atoms with Crippen molar-refractivity contribution < 1.29 is 9.90 Å². The Morgan fingerprint density at radius 2 is 2.25 bits per heavy atom. The van der Waals surface area contributed by atoms with Crippen LogP contribution in [0.4, 0.5) is 0 Å². The molecule has 0 saturated carbocycles. The first-order valence-electron chi connectivity index (χ1n) is 7.29. The molecule has 1 atom stereocenters. The minimum atomic E-state index is -0.189. The van der Waals surface area contributed by atoms with Crippen LogP contribution in [0.25, 0.3) is 0 Å². The Bertz CT molecular complexity index is 485. The fourth-order valence-corrected chi connectivity index (χ4v) is 2.66. The normalized spacial score (nSPS) is 19.5. The molecule has 110 valence electrons. The third kappa shape index (κ3) is 3.51. The fourth-order valence-electron chi connectivity index (χ4n) is 2.66. The Kier molecular flexibility index (Phi) is 4.65. The molecule has 2 N–H and O–H groups in total. The molecule has 1 amide bonds. The lowest BCUT2D eigenvalue weighted by molar-refractivity contribution is 0.0944. The molecule has 0 aliphatic carbocycles. The third-order valence-corrected chi connectivity index (χ3v) is 4.00. The van der Waals surface area contributed by atoms with Crippen LogP contribution in [0, 0.1) is 12.8 Å². The van der Waals surface area contributed by atoms with E-state index in [1.54, 1.807) is 12.1 Å². The topological polar surface area (TPSA) is 52.6 Å². The number of phenolic OH excluding ortho intramolecular Hbond substituents is 1. The Labute approximate surface area is 120 Å². The first-order valence-corrected chi connectivity index (χ1v) is 7.29. The Morgan fingerprint density at radius 3 is 2.85 bits per heavy atom. The summed E-state index contributed by atoms with van der Waals surface area (Å²) in [7, 11) is 0. The van der Waals surface area contributed by atoms with Gasteiger partial charge in [-0.1, -0.05) is 6.07 Å². The lowest BCUT2D eigenvalue weighted by atomic mass is 10.1. The Morgan fingerprint density at radius 1 is 1.50 bits per heavy atom. The van der Waals surface area contributed by atoms with Gasteiger partial charge in [-0.25, -0.2) is 0 Å². The molecule has 4 nitrogen and oxygen atoms in total. The van der Waals surface area contributed by atoms with Crippen molar-refractivity contribution in [2.24, 2.45) is 5.92 Å². The molecule has 1 aliphatic heterocycles. The van der Waals surface area contributed by atoms with E-state index in [2.05, 4.69) is 24.1 Å². The standard InChI is InChI=1S/C16H24N2O2/c1-11(2)18-7-6-13(10-18)9-17-16(20)14-5-4-12(3)8-15(14)19/h4-5,8,11,13,19H,6-7,9-10H2,1-3H3,(H,17,20). The number of nitrogens with one attached hydrogen (secondary N) is 1. The van der Waals surface area contributed by atoms with E-state index in [1.165, 1.54) is 0 Å². The summed E-state index contributed by atoms with van der Waals surface area (Å²) < 4.78 is 0. The number of hydrogen-bond donors (Lipinski definition) is 2. The van der Waals surface area contributed by atoms with Crippen molar-refractivity contribution in [3.05, 3.63) is 29.3 Å². The maximum atomic E-state index is 12.1. The fraction of sp³-hybridized carbons (Fsp3) is 0.562. The molecule has 4 heteroatoms. The van der Waals surface area contributed by atoms with Crippen molar-refractivity contribution in [2.75, 3.05) is 19.6 Å². The molecule has 2 rings (SSSR count). The summed E-state index contributed by atoms with van der Waals surface area (Å²) in [6, 6.07) is 5.70. The van der Waals surface area contributed by atoms with Crippen molar-refractivity contribution in [2.45, 2.75) is 33.2 Å². The number of nitrogens with zero attached hydrogens (tertiary/aromatic N) is 1. The van der Waals surface area contributed by atoms with Gasteiger partial charge in [0.15, 0.2) is 0 Å². The van der Waals surface area contributed by atoms with Crippen LogP contribution < -0.4 is 5.32 Å². The molecule has 1 heterocycles. The van der Waals surface area contributed by atoms with Crippen molar-refractivity contribution in [3.63, 3.8) is 0 Å². The van der Waals surface area contributed by atoms with E-state index in [1.807, 2.05) is 13.0 Å². The average Bonchev–Trinajstić information content (AvgIpc) is 2.85. The summed E-state index contributed by atoms with van der Waals surface area (Å²) in [6.45, 7) is 9.11. The van der Waals surface area contributed by atoms with Gasteiger partial charge < -0.3 is 15.3 Å². The van der Waals surface area contributed by atoms with Gasteiger partial charge in [-0.05, 0) is 57.4 Å². The van der Waals surface area contributed by atoms with E-state index in [0.717, 1.165) is 25.1 Å². The third-order valence-electron chi connectivity index (χ3n) is 4.00. The van der Waals surface area contributed by atoms with Crippen LogP contribution in [0.2, 0.25) is 0 Å². The summed E-state index contributed by atoms with van der Waals surface area (Å²) in [5.74, 6) is 0.372. The van der Waals surface area contributed by atoms with Crippen molar-refractivity contribution in [3.8, 4) is 5.75 Å². The maximum Gasteiger partial charge on any atom is 0.255 e. The lowest BCUT2D eigenvalue weighted by Gasteiger charge is -2.20. The summed E-state index contributed by atoms with van der Waals surface area (Å²) in [5.41, 5.74) is 1.30. The number of carbonyl (C=O) groups is 1. The molecule has 1 aromatic carbocycles. The zero-order valence-electron chi connectivity index (χ0n) is 12.5. The zero-order valence-corrected chi connectivity index (χ0v) is 12.5. The second-order valence-electron chi connectivity index (χ2n) is 5.97. The van der Waals surface area contributed by atoms with Crippen molar-refractivity contribution >= 4 is 5.91 Å². The van der Waals surface area contributed by atoms with Crippen molar-refractivity contribution in [1.82, 2.24) is 10.2 Å². The average molecular weight is 276 g/mol. The number of carbonyl (C=O) groups excluding carboxylic acids is 1. The highest BCUT2D eigenvalue weighted by molar-refractivity contribution is 5.96. The highest BCUT2D eigenvalue weighted by Crippen LogP contribution is 2.20. The summed E-state index contributed by atoms with van der Waals surface area (Å²) >= 11 is 0. The van der Waals surface area contributed by atoms with Gasteiger partial charge >= 0.3 is 0 Å². The first kappa shape index (κ1) is 14.9. The quantitative estimate of drug-likeness (QED) is 0.886. The molecular weight excluding hydrogens is 252 g/mol. The molecule has 0 radical (unpaired) electrons. The van der Waals surface area contributed by atoms with E-state index in [-0.39, 0.29) is 11.7 Å². The first-order chi connectivity index (χ1) is 9.47. The van der Waals surface area contributed by atoms with E-state index >= 15 is 0 Å². The predicted octanol–water partition coefficient (Wildman–Crippen LogP) is 2.16. The molecule has 1 saturated heterocycles. The molecule has 1 fully saturated rings. The molecule has 1 aromatic rings. The minimum absolute atomic E-state index is 0.0535. The minimum Gasteiger partial charge on any atom is -0.507 e. The largest absolute Gasteiger partial charge is 0.507 e. The van der Waals surface area contributed by atoms with Crippen LogP contribution in [-0.4, -0.2) is 41.6 Å². The number of amides is 1. The van der Waals surface area contributed by atoms with Gasteiger partial charge in [-0.3, -0.25) is 4.79 Å². The van der Waals surface area contributed by atoms with E-state index < -0.39 is 0 Å². The molecule has 1 aliphatic rings. The van der Waals surface area contributed by atoms with E-state index in [9.17, 15) is 9.90 Å². The Hall–Kier alpha value is -1.55. The molecule has 1 unspecified atom stereocenters. The monoisotopic (exact) mass is 276 g/mol. The number of phenols is 1. The molecular formula is C16H24N2O2. The number of benzene rings is 1. The van der Waals surface area contributed by atoms with Gasteiger partial charge in [0.2, 0.25) is 0 Å². The molecule has 0 aromatic heterocycles. The van der Waals surface area contributed by atoms with Crippen molar-refractivity contribution in [1.29, 1.82) is 0 Å². The predicted molar refractivity (Wildman–Crippen MR) is 80.0 cm³/mol. The molecule has 20 heavy (non-hydrogen) atoms. The summed E-state index contributed by atoms with van der Waals surface area (Å²) in [6.07, 6.45) is 1.12. The maximum absolute atomic E-state index is 12.1. The SMILES string of the molecule is Cc1ccc(C(=O)NCC2CCN(C(C)C)C2)c(O)c1. The van der Waals surface area contributed by atoms with Crippen LogP contribution in [-0.2, 0) is 0 Å². The van der Waals surface area contributed by atoms with E-state index in [4.69, 9.17) is 0 Å². The molecule has 0 spiro atoms. The number of hydrogen-bond acceptors (Lipinski definition) is 3. The smallest absolute Gasteiger partial charge is 0.255 e. The zero-order chi connectivity index (χ0) is 14.7. The molecule has 0 bridgehead atoms. The van der Waals surface area contributed by atoms with Gasteiger partial charge in [0.25, 0.3) is 5.91 Å². The highest BCUT2D eigenvalue weighted by atomic mass is 16.3. The van der Waals surface area contributed by atoms with Gasteiger partial charge in [-0.15, -0.1) is 0 Å². The van der Waals surface area contributed by atoms with Crippen LogP contribution in [0.5, 0.6) is 5.75 Å². The van der Waals surface area contributed by atoms with Crippen LogP contribution >= 0.6 is 0 Å². The summed E-state index contributed by atoms with van der Waals surface area (Å²) in [4.78, 5) is 14.5. The number of likely N-dealkylation sites (tertiary alicyclic amines) is 1. The van der Waals surface area contributed by atoms with Crippen LogP contribution in [0.1, 0.15) is 36.2 Å². The second-order valence-corrected chi connectivity index (χ2v) is 5.97. The Balaban J connectivity index is 1.87. The second kappa shape index (κ2) is 6.27. The van der Waals surface area contributed by atoms with Gasteiger partial charge in [0, 0.05) is 19.1 Å². The highest BCUT2D eigenvalue weighted by Gasteiger charge is 2.24. The van der Waals surface area contributed by atoms with Crippen LogP contribution in [0.3, 0.4) is 0 Å². The summed E-state index contributed by atoms with van der Waals surface area (Å²) in [5, 5.41) is 12.7.